The monoisotopic (exact) mass is 328 g/mol. The lowest BCUT2D eigenvalue weighted by molar-refractivity contribution is 0.621. The van der Waals surface area contributed by atoms with Gasteiger partial charge in [0, 0.05) is 22.9 Å². The zero-order valence-corrected chi connectivity index (χ0v) is 11.7. The summed E-state index contributed by atoms with van der Waals surface area (Å²) in [6.07, 6.45) is 3.70. The first kappa shape index (κ1) is 13.5. The Balaban J connectivity index is 2.24. The van der Waals surface area contributed by atoms with E-state index in [0.717, 1.165) is 15.6 Å². The number of benzene rings is 1. The van der Waals surface area contributed by atoms with Crippen LogP contribution in [-0.4, -0.2) is 4.98 Å². The van der Waals surface area contributed by atoms with Gasteiger partial charge in [-0.1, -0.05) is 27.5 Å². The summed E-state index contributed by atoms with van der Waals surface area (Å²) in [6.45, 7) is 0. The van der Waals surface area contributed by atoms with Gasteiger partial charge in [0.1, 0.15) is 5.82 Å². The van der Waals surface area contributed by atoms with Crippen LogP contribution in [0.25, 0.3) is 0 Å². The van der Waals surface area contributed by atoms with Gasteiger partial charge in [0.2, 0.25) is 0 Å². The molecule has 0 saturated heterocycles. The number of nitrogens with zero attached hydrogens (tertiary/aromatic N) is 1. The van der Waals surface area contributed by atoms with E-state index >= 15 is 0 Å². The number of hydrogen-bond donors (Lipinski definition) is 1. The van der Waals surface area contributed by atoms with Gasteiger partial charge in [-0.3, -0.25) is 4.98 Å². The van der Waals surface area contributed by atoms with Crippen LogP contribution in [0.15, 0.2) is 41.1 Å². The van der Waals surface area contributed by atoms with Gasteiger partial charge >= 0.3 is 0 Å². The first-order valence-electron chi connectivity index (χ1n) is 5.37. The standard InChI is InChI=1S/C13H11BrClFN2/c14-11-2-1-9(16)5-8(11)6-13(17)10-3-4-18-7-12(10)15/h1-5,7,13H,6,17H2. The second-order valence-corrected chi connectivity index (χ2v) is 5.21. The minimum atomic E-state index is -0.293. The van der Waals surface area contributed by atoms with Gasteiger partial charge in [-0.05, 0) is 41.8 Å². The Morgan fingerprint density at radius 2 is 2.17 bits per heavy atom. The highest BCUT2D eigenvalue weighted by Gasteiger charge is 2.13. The minimum Gasteiger partial charge on any atom is -0.324 e. The molecule has 2 rings (SSSR count). The van der Waals surface area contributed by atoms with E-state index < -0.39 is 0 Å². The molecule has 1 aromatic heterocycles. The zero-order valence-electron chi connectivity index (χ0n) is 9.41. The van der Waals surface area contributed by atoms with E-state index in [1.54, 1.807) is 24.5 Å². The van der Waals surface area contributed by atoms with Crippen molar-refractivity contribution in [1.82, 2.24) is 4.98 Å². The number of hydrogen-bond acceptors (Lipinski definition) is 2. The fourth-order valence-corrected chi connectivity index (χ4v) is 2.40. The van der Waals surface area contributed by atoms with Crippen molar-refractivity contribution in [2.75, 3.05) is 0 Å². The predicted molar refractivity (Wildman–Crippen MR) is 74.0 cm³/mol. The molecule has 0 aliphatic heterocycles. The minimum absolute atomic E-state index is 0.277. The Kier molecular flexibility index (Phi) is 4.32. The van der Waals surface area contributed by atoms with Gasteiger partial charge in [0.05, 0.1) is 5.02 Å². The van der Waals surface area contributed by atoms with Crippen LogP contribution in [-0.2, 0) is 6.42 Å². The fraction of sp³-hybridized carbons (Fsp3) is 0.154. The van der Waals surface area contributed by atoms with Gasteiger partial charge in [-0.25, -0.2) is 4.39 Å². The summed E-state index contributed by atoms with van der Waals surface area (Å²) in [5, 5.41) is 0.525. The zero-order chi connectivity index (χ0) is 13.1. The van der Waals surface area contributed by atoms with Gasteiger partial charge in [-0.15, -0.1) is 0 Å². The number of rotatable bonds is 3. The molecule has 0 bridgehead atoms. The maximum Gasteiger partial charge on any atom is 0.123 e. The lowest BCUT2D eigenvalue weighted by Crippen LogP contribution is -2.14. The second kappa shape index (κ2) is 5.78. The molecule has 0 fully saturated rings. The third-order valence-corrected chi connectivity index (χ3v) is 3.74. The summed E-state index contributed by atoms with van der Waals surface area (Å²) in [5.41, 5.74) is 7.71. The van der Waals surface area contributed by atoms with Crippen LogP contribution in [0.2, 0.25) is 5.02 Å². The summed E-state index contributed by atoms with van der Waals surface area (Å²) in [7, 11) is 0. The molecule has 0 spiro atoms. The molecule has 0 aliphatic carbocycles. The van der Waals surface area contributed by atoms with Gasteiger partial charge in [0.25, 0.3) is 0 Å². The Labute approximate surface area is 118 Å². The van der Waals surface area contributed by atoms with Crippen LogP contribution in [0.1, 0.15) is 17.2 Å². The number of pyridine rings is 1. The van der Waals surface area contributed by atoms with Crippen LogP contribution in [0.5, 0.6) is 0 Å². The molecule has 0 radical (unpaired) electrons. The first-order valence-corrected chi connectivity index (χ1v) is 6.54. The average Bonchev–Trinajstić information content (AvgIpc) is 2.34. The van der Waals surface area contributed by atoms with Crippen LogP contribution < -0.4 is 5.73 Å². The molecular formula is C13H11BrClFN2. The van der Waals surface area contributed by atoms with E-state index in [-0.39, 0.29) is 11.9 Å². The van der Waals surface area contributed by atoms with Crippen LogP contribution >= 0.6 is 27.5 Å². The molecule has 1 atom stereocenters. The highest BCUT2D eigenvalue weighted by molar-refractivity contribution is 9.10. The molecule has 1 heterocycles. The van der Waals surface area contributed by atoms with E-state index in [1.165, 1.54) is 12.1 Å². The lowest BCUT2D eigenvalue weighted by atomic mass is 10.0. The molecule has 94 valence electrons. The molecule has 0 saturated carbocycles. The topological polar surface area (TPSA) is 38.9 Å². The maximum absolute atomic E-state index is 13.2. The number of aromatic nitrogens is 1. The van der Waals surface area contributed by atoms with Crippen molar-refractivity contribution < 1.29 is 4.39 Å². The SMILES string of the molecule is NC(Cc1cc(F)ccc1Br)c1ccncc1Cl. The number of nitrogens with two attached hydrogens (primary N) is 1. The highest BCUT2D eigenvalue weighted by atomic mass is 79.9. The van der Waals surface area contributed by atoms with Crippen molar-refractivity contribution in [3.63, 3.8) is 0 Å². The van der Waals surface area contributed by atoms with Crippen molar-refractivity contribution in [1.29, 1.82) is 0 Å². The van der Waals surface area contributed by atoms with Crippen molar-refractivity contribution in [2.45, 2.75) is 12.5 Å². The molecule has 2 N–H and O–H groups in total. The largest absolute Gasteiger partial charge is 0.324 e. The fourth-order valence-electron chi connectivity index (χ4n) is 1.73. The van der Waals surface area contributed by atoms with E-state index in [9.17, 15) is 4.39 Å². The van der Waals surface area contributed by atoms with E-state index in [4.69, 9.17) is 17.3 Å². The molecular weight excluding hydrogens is 319 g/mol. The van der Waals surface area contributed by atoms with Gasteiger partial charge < -0.3 is 5.73 Å². The molecule has 18 heavy (non-hydrogen) atoms. The first-order chi connectivity index (χ1) is 8.58. The van der Waals surface area contributed by atoms with E-state index in [1.807, 2.05) is 0 Å². The molecule has 2 aromatic rings. The van der Waals surface area contributed by atoms with Gasteiger partial charge in [0.15, 0.2) is 0 Å². The summed E-state index contributed by atoms with van der Waals surface area (Å²) >= 11 is 9.41. The van der Waals surface area contributed by atoms with Crippen LogP contribution in [0, 0.1) is 5.82 Å². The second-order valence-electron chi connectivity index (χ2n) is 3.94. The quantitative estimate of drug-likeness (QED) is 0.928. The Hall–Kier alpha value is -0.970. The van der Waals surface area contributed by atoms with Crippen molar-refractivity contribution in [3.8, 4) is 0 Å². The van der Waals surface area contributed by atoms with E-state index in [0.29, 0.717) is 11.4 Å². The van der Waals surface area contributed by atoms with Crippen molar-refractivity contribution in [2.24, 2.45) is 5.73 Å². The predicted octanol–water partition coefficient (Wildman–Crippen LogP) is 3.88. The van der Waals surface area contributed by atoms with E-state index in [2.05, 4.69) is 20.9 Å². The van der Waals surface area contributed by atoms with Crippen molar-refractivity contribution >= 4 is 27.5 Å². The van der Waals surface area contributed by atoms with Crippen LogP contribution in [0.4, 0.5) is 4.39 Å². The molecule has 1 aromatic carbocycles. The molecule has 0 amide bonds. The molecule has 5 heteroatoms. The average molecular weight is 330 g/mol. The highest BCUT2D eigenvalue weighted by Crippen LogP contribution is 2.26. The molecule has 1 unspecified atom stereocenters. The maximum atomic E-state index is 13.2. The third-order valence-electron chi connectivity index (χ3n) is 2.65. The molecule has 0 aliphatic rings. The van der Waals surface area contributed by atoms with Gasteiger partial charge in [-0.2, -0.15) is 0 Å². The Morgan fingerprint density at radius 1 is 1.39 bits per heavy atom. The lowest BCUT2D eigenvalue weighted by Gasteiger charge is -2.14. The normalized spacial score (nSPS) is 12.4. The molecule has 2 nitrogen and oxygen atoms in total. The summed E-state index contributed by atoms with van der Waals surface area (Å²) < 4.78 is 14.0. The summed E-state index contributed by atoms with van der Waals surface area (Å²) in [5.74, 6) is -0.277. The summed E-state index contributed by atoms with van der Waals surface area (Å²) in [6, 6.07) is 6.03. The number of halogens is 3. The Morgan fingerprint density at radius 3 is 2.89 bits per heavy atom. The third kappa shape index (κ3) is 3.07. The summed E-state index contributed by atoms with van der Waals surface area (Å²) in [4.78, 5) is 3.91. The Bertz CT molecular complexity index is 562. The van der Waals surface area contributed by atoms with Crippen LogP contribution in [0.3, 0.4) is 0 Å². The smallest absolute Gasteiger partial charge is 0.123 e. The van der Waals surface area contributed by atoms with Crippen molar-refractivity contribution in [3.05, 3.63) is 63.1 Å².